The maximum atomic E-state index is 12.9. The molecule has 0 heterocycles. The van der Waals surface area contributed by atoms with Gasteiger partial charge in [0.15, 0.2) is 0 Å². The van der Waals surface area contributed by atoms with Crippen LogP contribution < -0.4 is 10.6 Å². The van der Waals surface area contributed by atoms with E-state index in [4.69, 9.17) is 4.74 Å². The molecule has 7 nitrogen and oxygen atoms in total. The van der Waals surface area contributed by atoms with Gasteiger partial charge in [-0.3, -0.25) is 4.79 Å². The molecule has 1 unspecified atom stereocenters. The molecule has 178 valence electrons. The third-order valence-corrected chi connectivity index (χ3v) is 6.83. The molecule has 3 N–H and O–H groups in total. The predicted molar refractivity (Wildman–Crippen MR) is 128 cm³/mol. The first-order chi connectivity index (χ1) is 16.4. The lowest BCUT2D eigenvalue weighted by Gasteiger charge is -2.35. The van der Waals surface area contributed by atoms with E-state index in [1.807, 2.05) is 36.4 Å². The summed E-state index contributed by atoms with van der Waals surface area (Å²) >= 11 is 0. The molecule has 0 saturated heterocycles. The molecule has 2 aromatic carbocycles. The van der Waals surface area contributed by atoms with E-state index < -0.39 is 29.6 Å². The van der Waals surface area contributed by atoms with Gasteiger partial charge in [-0.05, 0) is 41.5 Å². The Balaban J connectivity index is 1.41. The topological polar surface area (TPSA) is 105 Å². The zero-order valence-corrected chi connectivity index (χ0v) is 19.1. The number of ether oxygens (including phenoxy) is 1. The van der Waals surface area contributed by atoms with Gasteiger partial charge in [0, 0.05) is 5.92 Å². The molecular formula is C27H30N2O5. The van der Waals surface area contributed by atoms with Crippen LogP contribution in [0.5, 0.6) is 0 Å². The highest BCUT2D eigenvalue weighted by atomic mass is 16.5. The normalized spacial score (nSPS) is 17.1. The molecule has 0 radical (unpaired) electrons. The van der Waals surface area contributed by atoms with Gasteiger partial charge in [0.05, 0.1) is 0 Å². The van der Waals surface area contributed by atoms with Crippen molar-refractivity contribution in [3.05, 3.63) is 72.3 Å². The summed E-state index contributed by atoms with van der Waals surface area (Å²) in [7, 11) is 0. The Kier molecular flexibility index (Phi) is 7.01. The number of carboxylic acids is 1. The molecule has 2 aromatic rings. The van der Waals surface area contributed by atoms with Crippen molar-refractivity contribution in [1.82, 2.24) is 10.6 Å². The van der Waals surface area contributed by atoms with Crippen LogP contribution in [0.4, 0.5) is 4.79 Å². The summed E-state index contributed by atoms with van der Waals surface area (Å²) in [6, 6.07) is 15.1. The van der Waals surface area contributed by atoms with Crippen molar-refractivity contribution in [2.75, 3.05) is 6.61 Å². The Morgan fingerprint density at radius 3 is 2.18 bits per heavy atom. The molecule has 2 aliphatic rings. The minimum Gasteiger partial charge on any atom is -0.480 e. The van der Waals surface area contributed by atoms with Crippen LogP contribution in [0.2, 0.25) is 0 Å². The maximum Gasteiger partial charge on any atom is 0.407 e. The number of fused-ring (bicyclic) bond motifs is 3. The lowest BCUT2D eigenvalue weighted by molar-refractivity contribution is -0.149. The Hall–Kier alpha value is -3.61. The van der Waals surface area contributed by atoms with Gasteiger partial charge < -0.3 is 20.5 Å². The Morgan fingerprint density at radius 1 is 1.03 bits per heavy atom. The van der Waals surface area contributed by atoms with Crippen LogP contribution in [-0.4, -0.2) is 41.3 Å². The van der Waals surface area contributed by atoms with Gasteiger partial charge in [-0.15, -0.1) is 6.58 Å². The Labute approximate surface area is 199 Å². The van der Waals surface area contributed by atoms with E-state index in [1.165, 1.54) is 6.08 Å². The number of carbonyl (C=O) groups excluding carboxylic acids is 2. The fourth-order valence-electron chi connectivity index (χ4n) is 5.05. The summed E-state index contributed by atoms with van der Waals surface area (Å²) in [5.74, 6) is -1.68. The Bertz CT molecular complexity index is 1040. The number of nitrogens with one attached hydrogen (secondary N) is 2. The third kappa shape index (κ3) is 4.69. The van der Waals surface area contributed by atoms with Crippen molar-refractivity contribution in [3.63, 3.8) is 0 Å². The van der Waals surface area contributed by atoms with Gasteiger partial charge in [0.1, 0.15) is 18.2 Å². The quantitative estimate of drug-likeness (QED) is 0.505. The van der Waals surface area contributed by atoms with Crippen LogP contribution in [0, 0.1) is 0 Å². The first-order valence-corrected chi connectivity index (χ1v) is 11.7. The highest BCUT2D eigenvalue weighted by Crippen LogP contribution is 2.44. The fourth-order valence-corrected chi connectivity index (χ4v) is 5.05. The zero-order chi connectivity index (χ0) is 24.1. The average molecular weight is 463 g/mol. The summed E-state index contributed by atoms with van der Waals surface area (Å²) in [6.07, 6.45) is 4.11. The van der Waals surface area contributed by atoms with Gasteiger partial charge in [-0.25, -0.2) is 9.59 Å². The second-order valence-electron chi connectivity index (χ2n) is 8.98. The van der Waals surface area contributed by atoms with Crippen molar-refractivity contribution in [2.45, 2.75) is 56.0 Å². The van der Waals surface area contributed by atoms with Crippen LogP contribution in [-0.2, 0) is 14.3 Å². The molecule has 0 spiro atoms. The van der Waals surface area contributed by atoms with Crippen LogP contribution in [0.25, 0.3) is 11.1 Å². The summed E-state index contributed by atoms with van der Waals surface area (Å²) < 4.78 is 5.55. The van der Waals surface area contributed by atoms with Crippen molar-refractivity contribution in [2.24, 2.45) is 0 Å². The van der Waals surface area contributed by atoms with E-state index in [-0.39, 0.29) is 18.9 Å². The van der Waals surface area contributed by atoms with Crippen molar-refractivity contribution in [3.8, 4) is 11.1 Å². The average Bonchev–Trinajstić information content (AvgIpc) is 3.16. The van der Waals surface area contributed by atoms with E-state index in [0.717, 1.165) is 41.5 Å². The van der Waals surface area contributed by atoms with Gasteiger partial charge in [0.2, 0.25) is 5.91 Å². The molecule has 2 aliphatic carbocycles. The molecule has 34 heavy (non-hydrogen) atoms. The van der Waals surface area contributed by atoms with E-state index in [1.54, 1.807) is 0 Å². The summed E-state index contributed by atoms with van der Waals surface area (Å²) in [5.41, 5.74) is 3.15. The Morgan fingerprint density at radius 2 is 1.62 bits per heavy atom. The number of alkyl carbamates (subject to hydrolysis) is 1. The third-order valence-electron chi connectivity index (χ3n) is 6.83. The molecule has 0 aliphatic heterocycles. The number of carboxylic acid groups (broad SMARTS) is 1. The predicted octanol–water partition coefficient (Wildman–Crippen LogP) is 4.37. The molecular weight excluding hydrogens is 432 g/mol. The van der Waals surface area contributed by atoms with Crippen LogP contribution in [0.1, 0.15) is 55.6 Å². The lowest BCUT2D eigenvalue weighted by atomic mass is 9.81. The monoisotopic (exact) mass is 462 g/mol. The van der Waals surface area contributed by atoms with Crippen LogP contribution >= 0.6 is 0 Å². The van der Waals surface area contributed by atoms with Gasteiger partial charge in [-0.2, -0.15) is 0 Å². The number of carbonyl (C=O) groups is 3. The second kappa shape index (κ2) is 10.1. The van der Waals surface area contributed by atoms with E-state index in [2.05, 4.69) is 29.3 Å². The fraction of sp³-hybridized carbons (Fsp3) is 0.370. The summed E-state index contributed by atoms with van der Waals surface area (Å²) in [5, 5.41) is 15.0. The molecule has 7 heteroatoms. The van der Waals surface area contributed by atoms with Gasteiger partial charge in [0.25, 0.3) is 0 Å². The summed E-state index contributed by atoms with van der Waals surface area (Å²) in [6.45, 7) is 3.79. The molecule has 1 atom stereocenters. The molecule has 0 aromatic heterocycles. The molecule has 1 fully saturated rings. The van der Waals surface area contributed by atoms with E-state index in [9.17, 15) is 19.5 Å². The van der Waals surface area contributed by atoms with Gasteiger partial charge in [-0.1, -0.05) is 73.9 Å². The SMILES string of the molecule is C=CCC(NC(=O)OCC1c2ccccc2-c2ccccc21)C(=O)NC1(C(=O)O)CCCCC1. The number of rotatable bonds is 8. The zero-order valence-electron chi connectivity index (χ0n) is 19.1. The first-order valence-electron chi connectivity index (χ1n) is 11.7. The second-order valence-corrected chi connectivity index (χ2v) is 8.98. The van der Waals surface area contributed by atoms with Crippen molar-refractivity contribution >= 4 is 18.0 Å². The molecule has 0 bridgehead atoms. The minimum atomic E-state index is -1.29. The summed E-state index contributed by atoms with van der Waals surface area (Å²) in [4.78, 5) is 37.5. The smallest absolute Gasteiger partial charge is 0.407 e. The van der Waals surface area contributed by atoms with Crippen LogP contribution in [0.15, 0.2) is 61.2 Å². The standard InChI is InChI=1S/C27H30N2O5/c1-2-10-23(24(30)29-27(25(31)32)15-8-3-9-16-27)28-26(33)34-17-22-20-13-6-4-11-18(20)19-12-5-7-14-21(19)22/h2,4-7,11-14,22-23H,1,3,8-10,15-17H2,(H,28,33)(H,29,30)(H,31,32). The van der Waals surface area contributed by atoms with Crippen molar-refractivity contribution in [1.29, 1.82) is 0 Å². The minimum absolute atomic E-state index is 0.0950. The van der Waals surface area contributed by atoms with Crippen molar-refractivity contribution < 1.29 is 24.2 Å². The molecule has 2 amide bonds. The number of hydrogen-bond donors (Lipinski definition) is 3. The highest BCUT2D eigenvalue weighted by molar-refractivity contribution is 5.91. The number of aliphatic carboxylic acids is 1. The highest BCUT2D eigenvalue weighted by Gasteiger charge is 2.42. The number of hydrogen-bond acceptors (Lipinski definition) is 4. The largest absolute Gasteiger partial charge is 0.480 e. The maximum absolute atomic E-state index is 12.9. The van der Waals surface area contributed by atoms with Gasteiger partial charge >= 0.3 is 12.1 Å². The first kappa shape index (κ1) is 23.5. The van der Waals surface area contributed by atoms with Crippen LogP contribution in [0.3, 0.4) is 0 Å². The number of benzene rings is 2. The number of amides is 2. The lowest BCUT2D eigenvalue weighted by Crippen LogP contribution is -2.60. The van der Waals surface area contributed by atoms with E-state index >= 15 is 0 Å². The molecule has 1 saturated carbocycles. The van der Waals surface area contributed by atoms with E-state index in [0.29, 0.717) is 12.8 Å². The molecule has 4 rings (SSSR count).